The van der Waals surface area contributed by atoms with Gasteiger partial charge in [0.2, 0.25) is 0 Å². The van der Waals surface area contributed by atoms with Crippen LogP contribution in [0.15, 0.2) is 22.7 Å². The highest BCUT2D eigenvalue weighted by molar-refractivity contribution is 9.10. The van der Waals surface area contributed by atoms with E-state index in [4.69, 9.17) is 0 Å². The molecule has 1 aliphatic rings. The number of hydrogen-bond acceptors (Lipinski definition) is 2. The molecule has 0 radical (unpaired) electrons. The van der Waals surface area contributed by atoms with Crippen molar-refractivity contribution in [1.29, 1.82) is 0 Å². The highest BCUT2D eigenvalue weighted by Crippen LogP contribution is 2.36. The maximum Gasteiger partial charge on any atom is 0.416 e. The topological polar surface area (TPSA) is 15.3 Å². The summed E-state index contributed by atoms with van der Waals surface area (Å²) in [5, 5.41) is 3.29. The second kappa shape index (κ2) is 10.9. The summed E-state index contributed by atoms with van der Waals surface area (Å²) in [4.78, 5) is 2.30. The van der Waals surface area contributed by atoms with Gasteiger partial charge in [-0.1, -0.05) is 35.7 Å². The van der Waals surface area contributed by atoms with E-state index in [1.54, 1.807) is 0 Å². The molecule has 0 saturated carbocycles. The lowest BCUT2D eigenvalue weighted by molar-refractivity contribution is -0.137. The van der Waals surface area contributed by atoms with Crippen molar-refractivity contribution in [2.45, 2.75) is 38.4 Å². The predicted molar refractivity (Wildman–Crippen MR) is 100 cm³/mol. The molecule has 1 aromatic carbocycles. The lowest BCUT2D eigenvalue weighted by Crippen LogP contribution is -2.45. The molecule has 0 unspecified atom stereocenters. The van der Waals surface area contributed by atoms with E-state index in [2.05, 4.69) is 33.1 Å². The largest absolute Gasteiger partial charge is 0.416 e. The Morgan fingerprint density at radius 2 is 1.79 bits per heavy atom. The number of alkyl halides is 3. The third kappa shape index (κ3) is 6.71. The Morgan fingerprint density at radius 1 is 1.17 bits per heavy atom. The first-order chi connectivity index (χ1) is 10.4. The Kier molecular flexibility index (Phi) is 10.9. The van der Waals surface area contributed by atoms with Crippen molar-refractivity contribution in [1.82, 2.24) is 10.2 Å². The first kappa shape index (κ1) is 24.0. The Hall–Kier alpha value is -0.0100. The van der Waals surface area contributed by atoms with Crippen LogP contribution in [-0.4, -0.2) is 31.1 Å². The molecule has 1 aliphatic heterocycles. The van der Waals surface area contributed by atoms with E-state index in [1.165, 1.54) is 6.07 Å². The van der Waals surface area contributed by atoms with E-state index < -0.39 is 11.7 Å². The van der Waals surface area contributed by atoms with Gasteiger partial charge in [-0.3, -0.25) is 4.90 Å². The molecule has 1 aromatic rings. The molecule has 2 nitrogen and oxygen atoms in total. The summed E-state index contributed by atoms with van der Waals surface area (Å²) in [5.41, 5.74) is 0.186. The zero-order valence-electron chi connectivity index (χ0n) is 13.5. The van der Waals surface area contributed by atoms with Crippen LogP contribution in [0.3, 0.4) is 0 Å². The Bertz CT molecular complexity index is 495. The molecule has 0 amide bonds. The van der Waals surface area contributed by atoms with E-state index in [9.17, 15) is 13.2 Å². The molecule has 24 heavy (non-hydrogen) atoms. The summed E-state index contributed by atoms with van der Waals surface area (Å²) in [5.74, 6) is 0. The lowest BCUT2D eigenvalue weighted by Gasteiger charge is -2.35. The van der Waals surface area contributed by atoms with Gasteiger partial charge in [0.1, 0.15) is 0 Å². The van der Waals surface area contributed by atoms with Crippen LogP contribution in [0.4, 0.5) is 13.2 Å². The highest BCUT2D eigenvalue weighted by atomic mass is 79.9. The molecule has 0 aromatic heterocycles. The van der Waals surface area contributed by atoms with Gasteiger partial charge in [0.05, 0.1) is 5.56 Å². The van der Waals surface area contributed by atoms with Crippen molar-refractivity contribution in [2.24, 2.45) is 0 Å². The molecule has 1 fully saturated rings. The monoisotopic (exact) mass is 450 g/mol. The van der Waals surface area contributed by atoms with Gasteiger partial charge in [-0.2, -0.15) is 13.2 Å². The summed E-state index contributed by atoms with van der Waals surface area (Å²) in [6.07, 6.45) is -1.35. The van der Waals surface area contributed by atoms with Crippen LogP contribution in [0.2, 0.25) is 0 Å². The summed E-state index contributed by atoms with van der Waals surface area (Å²) >= 11 is 3.24. The van der Waals surface area contributed by atoms with Crippen LogP contribution in [0.25, 0.3) is 0 Å². The minimum atomic E-state index is -4.31. The zero-order valence-corrected chi connectivity index (χ0v) is 16.8. The number of nitrogens with zero attached hydrogens (tertiary/aromatic N) is 1. The third-order valence-corrected chi connectivity index (χ3v) is 4.51. The van der Waals surface area contributed by atoms with Gasteiger partial charge in [-0.25, -0.2) is 0 Å². The zero-order chi connectivity index (χ0) is 16.2. The molecule has 0 bridgehead atoms. The van der Waals surface area contributed by atoms with Crippen LogP contribution >= 0.6 is 40.7 Å². The molecule has 0 spiro atoms. The van der Waals surface area contributed by atoms with Crippen LogP contribution < -0.4 is 5.32 Å². The molecule has 1 N–H and O–H groups in total. The van der Waals surface area contributed by atoms with Gasteiger partial charge in [0.15, 0.2) is 0 Å². The number of unbranched alkanes of at least 4 members (excludes halogenated alkanes) is 1. The molecular weight excluding hydrogens is 428 g/mol. The molecule has 1 saturated heterocycles. The average molecular weight is 452 g/mol. The first-order valence-electron chi connectivity index (χ1n) is 7.74. The van der Waals surface area contributed by atoms with Gasteiger partial charge in [0, 0.05) is 36.7 Å². The van der Waals surface area contributed by atoms with E-state index in [-0.39, 0.29) is 30.9 Å². The molecule has 1 heterocycles. The van der Waals surface area contributed by atoms with Gasteiger partial charge in [-0.15, -0.1) is 24.8 Å². The Balaban J connectivity index is 0.00000264. The van der Waals surface area contributed by atoms with Crippen molar-refractivity contribution in [2.75, 3.05) is 26.2 Å². The number of benzene rings is 1. The van der Waals surface area contributed by atoms with Crippen LogP contribution in [0.5, 0.6) is 0 Å². The van der Waals surface area contributed by atoms with Crippen molar-refractivity contribution < 1.29 is 13.2 Å². The van der Waals surface area contributed by atoms with E-state index in [0.717, 1.165) is 57.1 Å². The SMILES string of the molecule is CCCC[C@H](c1cc(Br)cc(C(F)(F)F)c1)N1CCNCC1.Cl.Cl. The fourth-order valence-corrected chi connectivity index (χ4v) is 3.43. The molecule has 1 atom stereocenters. The number of piperazine rings is 1. The van der Waals surface area contributed by atoms with Crippen molar-refractivity contribution in [3.8, 4) is 0 Å². The van der Waals surface area contributed by atoms with Gasteiger partial charge < -0.3 is 5.32 Å². The fraction of sp³-hybridized carbons (Fsp3) is 0.625. The number of rotatable bonds is 5. The second-order valence-electron chi connectivity index (χ2n) is 5.71. The number of halogens is 6. The summed E-state index contributed by atoms with van der Waals surface area (Å²) in [7, 11) is 0. The van der Waals surface area contributed by atoms with Crippen molar-refractivity contribution >= 4 is 40.7 Å². The quantitative estimate of drug-likeness (QED) is 0.640. The standard InChI is InChI=1S/C16H22BrF3N2.2ClH/c1-2-3-4-15(22-7-5-21-6-8-22)12-9-13(16(18,19)20)11-14(17)10-12;;/h9-11,15,21H,2-8H2,1H3;2*1H/t15-;;/m1../s1. The summed E-state index contributed by atoms with van der Waals surface area (Å²) in [6, 6.07) is 4.35. The lowest BCUT2D eigenvalue weighted by atomic mass is 9.97. The van der Waals surface area contributed by atoms with Crippen LogP contribution in [-0.2, 0) is 6.18 Å². The van der Waals surface area contributed by atoms with E-state index in [0.29, 0.717) is 4.47 Å². The maximum absolute atomic E-state index is 13.1. The minimum Gasteiger partial charge on any atom is -0.314 e. The first-order valence-corrected chi connectivity index (χ1v) is 8.53. The average Bonchev–Trinajstić information content (AvgIpc) is 2.47. The van der Waals surface area contributed by atoms with Gasteiger partial charge in [0.25, 0.3) is 0 Å². The number of hydrogen-bond donors (Lipinski definition) is 1. The van der Waals surface area contributed by atoms with Crippen LogP contribution in [0, 0.1) is 0 Å². The number of nitrogens with one attached hydrogen (secondary N) is 1. The van der Waals surface area contributed by atoms with Crippen LogP contribution in [0.1, 0.15) is 43.4 Å². The second-order valence-corrected chi connectivity index (χ2v) is 6.63. The third-order valence-electron chi connectivity index (χ3n) is 4.06. The van der Waals surface area contributed by atoms with Gasteiger partial charge in [-0.05, 0) is 30.2 Å². The summed E-state index contributed by atoms with van der Waals surface area (Å²) < 4.78 is 39.7. The normalized spacial score (nSPS) is 16.9. The van der Waals surface area contributed by atoms with E-state index in [1.807, 2.05) is 6.07 Å². The molecule has 140 valence electrons. The van der Waals surface area contributed by atoms with Gasteiger partial charge >= 0.3 is 6.18 Å². The smallest absolute Gasteiger partial charge is 0.314 e. The van der Waals surface area contributed by atoms with E-state index >= 15 is 0 Å². The highest BCUT2D eigenvalue weighted by Gasteiger charge is 2.32. The maximum atomic E-state index is 13.1. The van der Waals surface area contributed by atoms with Crippen molar-refractivity contribution in [3.05, 3.63) is 33.8 Å². The molecule has 2 rings (SSSR count). The minimum absolute atomic E-state index is 0. The molecule has 0 aliphatic carbocycles. The predicted octanol–water partition coefficient (Wildman–Crippen LogP) is 5.45. The molecular formula is C16H24BrCl2F3N2. The summed E-state index contributed by atoms with van der Waals surface area (Å²) in [6.45, 7) is 5.65. The Morgan fingerprint density at radius 3 is 2.33 bits per heavy atom. The van der Waals surface area contributed by atoms with Crippen molar-refractivity contribution in [3.63, 3.8) is 0 Å². The molecule has 8 heteroatoms. The fourth-order valence-electron chi connectivity index (χ4n) is 2.92. The Labute approximate surface area is 162 Å².